The molecule has 3 N–H and O–H groups in total. The predicted octanol–water partition coefficient (Wildman–Crippen LogP) is 4.72. The molecule has 0 saturated carbocycles. The number of hydrogen-bond donors (Lipinski definition) is 3. The van der Waals surface area contributed by atoms with Crippen molar-refractivity contribution in [2.24, 2.45) is 0 Å². The van der Waals surface area contributed by atoms with E-state index in [1.54, 1.807) is 42.5 Å². The molecule has 0 radical (unpaired) electrons. The van der Waals surface area contributed by atoms with Crippen LogP contribution in [0.2, 0.25) is 0 Å². The summed E-state index contributed by atoms with van der Waals surface area (Å²) < 4.78 is 11.2. The van der Waals surface area contributed by atoms with E-state index < -0.39 is 5.97 Å². The minimum atomic E-state index is -0.602. The number of hydrogen-bond acceptors (Lipinski definition) is 5. The smallest absolute Gasteiger partial charge is 0.401 e. The summed E-state index contributed by atoms with van der Waals surface area (Å²) in [5, 5.41) is 30.2. The van der Waals surface area contributed by atoms with Gasteiger partial charge < -0.3 is 20.1 Å². The van der Waals surface area contributed by atoms with Gasteiger partial charge in [-0.2, -0.15) is 0 Å². The fraction of sp³-hybridized carbons (Fsp3) is 0. The summed E-state index contributed by atoms with van der Waals surface area (Å²) in [7, 11) is 0. The maximum Gasteiger partial charge on any atom is 0.401 e. The average Bonchev–Trinajstić information content (AvgIpc) is 2.69. The lowest BCUT2D eigenvalue weighted by Gasteiger charge is -2.06. The van der Waals surface area contributed by atoms with Gasteiger partial charge in [-0.1, -0.05) is 18.2 Å². The maximum atomic E-state index is 12.4. The predicted molar refractivity (Wildman–Crippen MR) is 102 cm³/mol. The van der Waals surface area contributed by atoms with E-state index in [-0.39, 0.29) is 34.3 Å². The second-order valence-corrected chi connectivity index (χ2v) is 6.12. The van der Waals surface area contributed by atoms with Crippen LogP contribution in [0.4, 0.5) is 0 Å². The van der Waals surface area contributed by atoms with Gasteiger partial charge in [-0.05, 0) is 36.4 Å². The van der Waals surface area contributed by atoms with Gasteiger partial charge in [-0.15, -0.1) is 0 Å². The highest BCUT2D eigenvalue weighted by Gasteiger charge is 2.25. The number of carbonyl (C=O) groups excluding carboxylic acids is 1. The summed E-state index contributed by atoms with van der Waals surface area (Å²) in [4.78, 5) is 12.4. The van der Waals surface area contributed by atoms with E-state index in [0.29, 0.717) is 16.5 Å². The summed E-state index contributed by atoms with van der Waals surface area (Å²) in [6, 6.07) is 18.5. The van der Waals surface area contributed by atoms with E-state index in [1.807, 2.05) is 0 Å². The normalized spacial score (nSPS) is 10.7. The molecule has 28 heavy (non-hydrogen) atoms. The summed E-state index contributed by atoms with van der Waals surface area (Å²) in [5.41, 5.74) is 1.10. The summed E-state index contributed by atoms with van der Waals surface area (Å²) in [5.74, 6) is -0.652. The van der Waals surface area contributed by atoms with Crippen molar-refractivity contribution in [3.63, 3.8) is 0 Å². The molecule has 4 rings (SSSR count). The second-order valence-electron chi connectivity index (χ2n) is 6.12. The standard InChI is InChI=1S/C22H14O6/c23-15-8-6-13(7-9-15)21-18(25)12-17-19(27-21)10-16(24)11-20(17)28-22(26)14-4-2-1-3-5-14/h1-12H,(H2-,23,24,25)/p+1. The molecule has 1 heterocycles. The van der Waals surface area contributed by atoms with Crippen LogP contribution in [-0.2, 0) is 0 Å². The van der Waals surface area contributed by atoms with E-state index in [0.717, 1.165) is 0 Å². The Labute approximate surface area is 159 Å². The molecule has 138 valence electrons. The first-order chi connectivity index (χ1) is 13.5. The topological polar surface area (TPSA) is 98.3 Å². The zero-order valence-electron chi connectivity index (χ0n) is 14.5. The number of rotatable bonds is 3. The van der Waals surface area contributed by atoms with E-state index in [2.05, 4.69) is 0 Å². The van der Waals surface area contributed by atoms with Crippen LogP contribution >= 0.6 is 0 Å². The summed E-state index contributed by atoms with van der Waals surface area (Å²) >= 11 is 0. The Kier molecular flexibility index (Phi) is 4.29. The third-order valence-corrected chi connectivity index (χ3v) is 4.16. The molecule has 0 fully saturated rings. The molecule has 0 spiro atoms. The lowest BCUT2D eigenvalue weighted by atomic mass is 10.1. The van der Waals surface area contributed by atoms with Crippen LogP contribution in [0.3, 0.4) is 0 Å². The van der Waals surface area contributed by atoms with E-state index >= 15 is 0 Å². The van der Waals surface area contributed by atoms with Crippen LogP contribution in [0.15, 0.2) is 77.2 Å². The number of esters is 1. The molecule has 0 saturated heterocycles. The molecule has 0 aliphatic rings. The first kappa shape index (κ1) is 17.4. The molecule has 3 aromatic carbocycles. The molecule has 0 atom stereocenters. The van der Waals surface area contributed by atoms with Crippen molar-refractivity contribution >= 4 is 16.9 Å². The number of phenolic OH excluding ortho intramolecular Hbond substituents is 2. The van der Waals surface area contributed by atoms with Crippen molar-refractivity contribution in [2.75, 3.05) is 0 Å². The number of phenols is 2. The lowest BCUT2D eigenvalue weighted by molar-refractivity contribution is 0.0737. The van der Waals surface area contributed by atoms with Crippen LogP contribution in [0.25, 0.3) is 22.3 Å². The van der Waals surface area contributed by atoms with Crippen LogP contribution in [0.5, 0.6) is 23.0 Å². The van der Waals surface area contributed by atoms with Crippen molar-refractivity contribution in [3.05, 3.63) is 78.4 Å². The minimum Gasteiger partial charge on any atom is -0.508 e. The van der Waals surface area contributed by atoms with Gasteiger partial charge in [0.1, 0.15) is 16.9 Å². The molecule has 0 amide bonds. The monoisotopic (exact) mass is 375 g/mol. The largest absolute Gasteiger partial charge is 0.508 e. The summed E-state index contributed by atoms with van der Waals surface area (Å²) in [6.07, 6.45) is 0. The first-order valence-electron chi connectivity index (χ1n) is 8.41. The highest BCUT2D eigenvalue weighted by molar-refractivity contribution is 5.95. The second kappa shape index (κ2) is 6.92. The fourth-order valence-electron chi connectivity index (χ4n) is 2.82. The maximum absolute atomic E-state index is 12.4. The molecule has 4 aromatic rings. The average molecular weight is 375 g/mol. The van der Waals surface area contributed by atoms with Gasteiger partial charge in [0.25, 0.3) is 0 Å². The molecular formula is C22H15O6+. The first-order valence-corrected chi connectivity index (χ1v) is 8.41. The minimum absolute atomic E-state index is 0.0557. The third-order valence-electron chi connectivity index (χ3n) is 4.16. The third kappa shape index (κ3) is 3.31. The molecule has 0 aliphatic carbocycles. The zero-order chi connectivity index (χ0) is 19.7. The fourth-order valence-corrected chi connectivity index (χ4v) is 2.82. The molecule has 6 heteroatoms. The summed E-state index contributed by atoms with van der Waals surface area (Å²) in [6.45, 7) is 0. The Bertz CT molecular complexity index is 1170. The number of fused-ring (bicyclic) bond motifs is 1. The SMILES string of the molecule is O=C(Oc1cc(O)cc2[o+]c(-c3ccc(O)cc3)c(O)cc12)c1ccccc1. The zero-order valence-corrected chi connectivity index (χ0v) is 14.5. The van der Waals surface area contributed by atoms with Crippen LogP contribution < -0.4 is 4.74 Å². The van der Waals surface area contributed by atoms with Gasteiger partial charge in [-0.3, -0.25) is 0 Å². The van der Waals surface area contributed by atoms with Crippen molar-refractivity contribution in [1.29, 1.82) is 0 Å². The molecule has 1 aromatic heterocycles. The number of aromatic hydroxyl groups is 3. The van der Waals surface area contributed by atoms with E-state index in [4.69, 9.17) is 9.15 Å². The Morgan fingerprint density at radius 1 is 0.821 bits per heavy atom. The van der Waals surface area contributed by atoms with Crippen LogP contribution in [-0.4, -0.2) is 21.3 Å². The van der Waals surface area contributed by atoms with Gasteiger partial charge >= 0.3 is 17.3 Å². The molecule has 0 bridgehead atoms. The molecule has 0 unspecified atom stereocenters. The Balaban J connectivity index is 1.79. The Hall–Kier alpha value is -4.06. The van der Waals surface area contributed by atoms with Gasteiger partial charge in [0, 0.05) is 12.1 Å². The highest BCUT2D eigenvalue weighted by atomic mass is 16.5. The van der Waals surface area contributed by atoms with Gasteiger partial charge in [0.2, 0.25) is 5.75 Å². The van der Waals surface area contributed by atoms with Crippen LogP contribution in [0.1, 0.15) is 10.4 Å². The molecular weight excluding hydrogens is 360 g/mol. The van der Waals surface area contributed by atoms with Crippen molar-refractivity contribution in [2.45, 2.75) is 0 Å². The Morgan fingerprint density at radius 2 is 1.54 bits per heavy atom. The van der Waals surface area contributed by atoms with E-state index in [9.17, 15) is 20.1 Å². The van der Waals surface area contributed by atoms with Crippen molar-refractivity contribution in [3.8, 4) is 34.3 Å². The van der Waals surface area contributed by atoms with E-state index in [1.165, 1.54) is 30.3 Å². The van der Waals surface area contributed by atoms with Gasteiger partial charge in [-0.25, -0.2) is 9.21 Å². The number of ether oxygens (including phenoxy) is 1. The quantitative estimate of drug-likeness (QED) is 0.272. The number of benzene rings is 3. The van der Waals surface area contributed by atoms with Crippen LogP contribution in [0, 0.1) is 0 Å². The van der Waals surface area contributed by atoms with Gasteiger partial charge in [0.05, 0.1) is 17.2 Å². The Morgan fingerprint density at radius 3 is 2.25 bits per heavy atom. The molecule has 6 nitrogen and oxygen atoms in total. The lowest BCUT2D eigenvalue weighted by Crippen LogP contribution is -2.08. The molecule has 0 aliphatic heterocycles. The van der Waals surface area contributed by atoms with Crippen molar-refractivity contribution < 1.29 is 29.3 Å². The number of carbonyl (C=O) groups is 1. The van der Waals surface area contributed by atoms with Crippen molar-refractivity contribution in [1.82, 2.24) is 0 Å². The highest BCUT2D eigenvalue weighted by Crippen LogP contribution is 2.39. The van der Waals surface area contributed by atoms with Gasteiger partial charge in [0.15, 0.2) is 5.75 Å².